The van der Waals surface area contributed by atoms with E-state index in [1.807, 2.05) is 0 Å². The van der Waals surface area contributed by atoms with Gasteiger partial charge in [0, 0.05) is 32.1 Å². The molecular formula is C11H18N2O4S. The second-order valence-corrected chi connectivity index (χ2v) is 6.28. The Kier molecular flexibility index (Phi) is 4.06. The summed E-state index contributed by atoms with van der Waals surface area (Å²) in [6.45, 7) is 1.53. The minimum absolute atomic E-state index is 0.178. The maximum absolute atomic E-state index is 12.0. The Bertz CT molecular complexity index is 503. The van der Waals surface area contributed by atoms with Crippen LogP contribution in [0.5, 0.6) is 0 Å². The first-order valence-electron chi connectivity index (χ1n) is 5.86. The van der Waals surface area contributed by atoms with Crippen molar-refractivity contribution in [2.24, 2.45) is 13.0 Å². The van der Waals surface area contributed by atoms with Gasteiger partial charge in [-0.25, -0.2) is 13.1 Å². The molecule has 0 radical (unpaired) electrons. The van der Waals surface area contributed by atoms with Crippen molar-refractivity contribution in [3.63, 3.8) is 0 Å². The molecule has 102 valence electrons. The van der Waals surface area contributed by atoms with Gasteiger partial charge in [0.15, 0.2) is 0 Å². The molecule has 0 aromatic carbocycles. The molecule has 0 bridgehead atoms. The van der Waals surface area contributed by atoms with Crippen molar-refractivity contribution in [1.29, 1.82) is 0 Å². The third-order valence-corrected chi connectivity index (χ3v) is 4.53. The quantitative estimate of drug-likeness (QED) is 0.781. The van der Waals surface area contributed by atoms with Crippen LogP contribution in [0.3, 0.4) is 0 Å². The third-order valence-electron chi connectivity index (χ3n) is 3.14. The van der Waals surface area contributed by atoms with Crippen LogP contribution in [0.25, 0.3) is 0 Å². The molecule has 1 aliphatic rings. The van der Waals surface area contributed by atoms with Crippen LogP contribution < -0.4 is 4.72 Å². The molecule has 1 atom stereocenters. The smallest absolute Gasteiger partial charge is 0.242 e. The summed E-state index contributed by atoms with van der Waals surface area (Å²) in [6.07, 6.45) is 2.39. The molecule has 1 fully saturated rings. The van der Waals surface area contributed by atoms with Gasteiger partial charge in [-0.05, 0) is 18.4 Å². The summed E-state index contributed by atoms with van der Waals surface area (Å²) in [4.78, 5) is 0.188. The number of hydrogen-bond acceptors (Lipinski definition) is 4. The van der Waals surface area contributed by atoms with Gasteiger partial charge < -0.3 is 14.4 Å². The van der Waals surface area contributed by atoms with E-state index in [1.165, 1.54) is 12.3 Å². The number of aliphatic hydroxyl groups is 1. The molecule has 0 saturated carbocycles. The summed E-state index contributed by atoms with van der Waals surface area (Å²) in [5.74, 6) is 0.251. The van der Waals surface area contributed by atoms with Crippen molar-refractivity contribution in [2.45, 2.75) is 17.9 Å². The number of sulfonamides is 1. The standard InChI is InChI=1S/C11H18N2O4S/c1-13-6-11(4-10(13)7-14)18(15,16)12-5-9-2-3-17-8-9/h4,6,9,12,14H,2-3,5,7-8H2,1H3. The first kappa shape index (κ1) is 13.5. The summed E-state index contributed by atoms with van der Waals surface area (Å²) in [5, 5.41) is 9.05. The highest BCUT2D eigenvalue weighted by atomic mass is 32.2. The van der Waals surface area contributed by atoms with Crippen LogP contribution in [-0.2, 0) is 28.4 Å². The van der Waals surface area contributed by atoms with Crippen LogP contribution in [0.15, 0.2) is 17.2 Å². The number of aromatic nitrogens is 1. The fourth-order valence-electron chi connectivity index (χ4n) is 1.94. The minimum Gasteiger partial charge on any atom is -0.390 e. The van der Waals surface area contributed by atoms with E-state index in [4.69, 9.17) is 9.84 Å². The fourth-order valence-corrected chi connectivity index (χ4v) is 3.15. The second-order valence-electron chi connectivity index (χ2n) is 4.52. The van der Waals surface area contributed by atoms with Gasteiger partial charge in [-0.1, -0.05) is 0 Å². The molecule has 1 unspecified atom stereocenters. The Morgan fingerprint density at radius 1 is 1.61 bits per heavy atom. The number of nitrogens with one attached hydrogen (secondary N) is 1. The number of nitrogens with zero attached hydrogens (tertiary/aromatic N) is 1. The Morgan fingerprint density at radius 2 is 2.39 bits per heavy atom. The maximum atomic E-state index is 12.0. The second kappa shape index (κ2) is 5.40. The van der Waals surface area contributed by atoms with E-state index in [9.17, 15) is 8.42 Å². The molecule has 2 rings (SSSR count). The third kappa shape index (κ3) is 2.92. The summed E-state index contributed by atoms with van der Waals surface area (Å²) in [6, 6.07) is 1.48. The fraction of sp³-hybridized carbons (Fsp3) is 0.636. The summed E-state index contributed by atoms with van der Waals surface area (Å²) in [7, 11) is -1.79. The van der Waals surface area contributed by atoms with Crippen molar-refractivity contribution in [3.05, 3.63) is 18.0 Å². The topological polar surface area (TPSA) is 80.6 Å². The van der Waals surface area contributed by atoms with Crippen LogP contribution in [0.2, 0.25) is 0 Å². The van der Waals surface area contributed by atoms with Crippen LogP contribution in [0, 0.1) is 5.92 Å². The highest BCUT2D eigenvalue weighted by Crippen LogP contribution is 2.15. The number of aryl methyl sites for hydroxylation is 1. The van der Waals surface area contributed by atoms with E-state index in [-0.39, 0.29) is 17.4 Å². The Balaban J connectivity index is 2.04. The van der Waals surface area contributed by atoms with Gasteiger partial charge in [-0.2, -0.15) is 0 Å². The predicted octanol–water partition coefficient (Wildman–Crippen LogP) is -0.168. The molecule has 6 nitrogen and oxygen atoms in total. The molecule has 1 aromatic heterocycles. The zero-order valence-electron chi connectivity index (χ0n) is 10.3. The molecule has 0 aliphatic carbocycles. The van der Waals surface area contributed by atoms with E-state index in [1.54, 1.807) is 11.6 Å². The zero-order valence-corrected chi connectivity index (χ0v) is 11.1. The lowest BCUT2D eigenvalue weighted by atomic mass is 10.1. The Labute approximate surface area is 107 Å². The summed E-state index contributed by atoms with van der Waals surface area (Å²) >= 11 is 0. The molecule has 1 saturated heterocycles. The van der Waals surface area contributed by atoms with Crippen molar-refractivity contribution in [2.75, 3.05) is 19.8 Å². The van der Waals surface area contributed by atoms with E-state index in [0.717, 1.165) is 6.42 Å². The maximum Gasteiger partial charge on any atom is 0.242 e. The van der Waals surface area contributed by atoms with Gasteiger partial charge in [0.05, 0.1) is 18.1 Å². The van der Waals surface area contributed by atoms with Gasteiger partial charge >= 0.3 is 0 Å². The molecule has 1 aliphatic heterocycles. The predicted molar refractivity (Wildman–Crippen MR) is 65.5 cm³/mol. The van der Waals surface area contributed by atoms with Crippen molar-refractivity contribution in [1.82, 2.24) is 9.29 Å². The van der Waals surface area contributed by atoms with E-state index in [0.29, 0.717) is 25.5 Å². The molecule has 0 amide bonds. The Hall–Kier alpha value is -0.890. The minimum atomic E-state index is -3.50. The molecule has 18 heavy (non-hydrogen) atoms. The van der Waals surface area contributed by atoms with E-state index < -0.39 is 10.0 Å². The van der Waals surface area contributed by atoms with Crippen molar-refractivity contribution >= 4 is 10.0 Å². The first-order valence-corrected chi connectivity index (χ1v) is 7.35. The number of aliphatic hydroxyl groups excluding tert-OH is 1. The first-order chi connectivity index (χ1) is 8.53. The van der Waals surface area contributed by atoms with Gasteiger partial charge in [0.1, 0.15) is 0 Å². The SMILES string of the molecule is Cn1cc(S(=O)(=O)NCC2CCOC2)cc1CO. The number of hydrogen-bond donors (Lipinski definition) is 2. The van der Waals surface area contributed by atoms with Crippen LogP contribution >= 0.6 is 0 Å². The highest BCUT2D eigenvalue weighted by Gasteiger charge is 2.21. The van der Waals surface area contributed by atoms with Crippen molar-refractivity contribution < 1.29 is 18.3 Å². The van der Waals surface area contributed by atoms with Crippen LogP contribution in [-0.4, -0.2) is 37.8 Å². The van der Waals surface area contributed by atoms with Crippen LogP contribution in [0.1, 0.15) is 12.1 Å². The lowest BCUT2D eigenvalue weighted by molar-refractivity contribution is 0.186. The number of rotatable bonds is 5. The van der Waals surface area contributed by atoms with E-state index >= 15 is 0 Å². The van der Waals surface area contributed by atoms with Gasteiger partial charge in [-0.15, -0.1) is 0 Å². The Morgan fingerprint density at radius 3 is 2.94 bits per heavy atom. The van der Waals surface area contributed by atoms with E-state index in [2.05, 4.69) is 4.72 Å². The molecule has 7 heteroatoms. The molecule has 2 heterocycles. The average Bonchev–Trinajstić information content (AvgIpc) is 2.95. The molecule has 1 aromatic rings. The molecular weight excluding hydrogens is 256 g/mol. The van der Waals surface area contributed by atoms with Gasteiger partial charge in [0.25, 0.3) is 0 Å². The highest BCUT2D eigenvalue weighted by molar-refractivity contribution is 7.89. The summed E-state index contributed by atoms with van der Waals surface area (Å²) in [5.41, 5.74) is 0.569. The average molecular weight is 274 g/mol. The number of ether oxygens (including phenoxy) is 1. The molecule has 2 N–H and O–H groups in total. The van der Waals surface area contributed by atoms with Crippen LogP contribution in [0.4, 0.5) is 0 Å². The lowest BCUT2D eigenvalue weighted by Crippen LogP contribution is -2.29. The van der Waals surface area contributed by atoms with Gasteiger partial charge in [-0.3, -0.25) is 0 Å². The molecule has 0 spiro atoms. The van der Waals surface area contributed by atoms with Crippen molar-refractivity contribution in [3.8, 4) is 0 Å². The zero-order chi connectivity index (χ0) is 13.2. The summed E-state index contributed by atoms with van der Waals surface area (Å²) < 4.78 is 33.4. The largest absolute Gasteiger partial charge is 0.390 e. The lowest BCUT2D eigenvalue weighted by Gasteiger charge is -2.08. The van der Waals surface area contributed by atoms with Gasteiger partial charge in [0.2, 0.25) is 10.0 Å². The monoisotopic (exact) mass is 274 g/mol. The normalized spacial score (nSPS) is 20.4.